The quantitative estimate of drug-likeness (QED) is 0.490. The Labute approximate surface area is 166 Å². The first-order chi connectivity index (χ1) is 13.6. The molecule has 142 valence electrons. The molecule has 0 bridgehead atoms. The summed E-state index contributed by atoms with van der Waals surface area (Å²) in [5.41, 5.74) is 3.06. The molecule has 6 nitrogen and oxygen atoms in total. The molecule has 2 aromatic carbocycles. The zero-order valence-corrected chi connectivity index (χ0v) is 16.1. The average Bonchev–Trinajstić information content (AvgIpc) is 3.06. The molecule has 2 heterocycles. The molecule has 2 N–H and O–H groups in total. The lowest BCUT2D eigenvalue weighted by atomic mass is 10.1. The summed E-state index contributed by atoms with van der Waals surface area (Å²) in [6.45, 7) is 0. The van der Waals surface area contributed by atoms with Gasteiger partial charge in [0.2, 0.25) is 0 Å². The summed E-state index contributed by atoms with van der Waals surface area (Å²) in [6, 6.07) is 16.4. The van der Waals surface area contributed by atoms with Gasteiger partial charge in [-0.05, 0) is 42.5 Å². The van der Waals surface area contributed by atoms with Crippen LogP contribution in [0.1, 0.15) is 0 Å². The van der Waals surface area contributed by atoms with Gasteiger partial charge in [-0.1, -0.05) is 17.7 Å². The number of phenols is 1. The molecule has 0 saturated heterocycles. The number of hydrogen-bond acceptors (Lipinski definition) is 5. The van der Waals surface area contributed by atoms with Crippen LogP contribution in [0.5, 0.6) is 17.2 Å². The number of aromatic nitrogens is 2. The SMILES string of the molecule is COc1cccc(Nc2c(-c3ccc(O)c(OC)c3)nc3ccc(Cl)cn23)c1. The van der Waals surface area contributed by atoms with Crippen LogP contribution in [0.3, 0.4) is 0 Å². The summed E-state index contributed by atoms with van der Waals surface area (Å²) in [4.78, 5) is 4.74. The van der Waals surface area contributed by atoms with Gasteiger partial charge in [-0.2, -0.15) is 0 Å². The number of methoxy groups -OCH3 is 2. The highest BCUT2D eigenvalue weighted by Gasteiger charge is 2.17. The number of pyridine rings is 1. The zero-order valence-electron chi connectivity index (χ0n) is 15.3. The van der Waals surface area contributed by atoms with E-state index in [1.165, 1.54) is 7.11 Å². The van der Waals surface area contributed by atoms with E-state index in [9.17, 15) is 5.11 Å². The van der Waals surface area contributed by atoms with E-state index in [-0.39, 0.29) is 5.75 Å². The maximum absolute atomic E-state index is 9.92. The van der Waals surface area contributed by atoms with Gasteiger partial charge in [-0.15, -0.1) is 0 Å². The largest absolute Gasteiger partial charge is 0.504 e. The fourth-order valence-corrected chi connectivity index (χ4v) is 3.16. The van der Waals surface area contributed by atoms with Crippen molar-refractivity contribution in [2.24, 2.45) is 0 Å². The summed E-state index contributed by atoms with van der Waals surface area (Å²) in [6.07, 6.45) is 1.80. The van der Waals surface area contributed by atoms with Crippen LogP contribution in [0.2, 0.25) is 5.02 Å². The third-order valence-electron chi connectivity index (χ3n) is 4.37. The minimum atomic E-state index is 0.0698. The van der Waals surface area contributed by atoms with Gasteiger partial charge in [0.05, 0.1) is 19.2 Å². The predicted octanol–water partition coefficient (Wildman–Crippen LogP) is 5.12. The van der Waals surface area contributed by atoms with Crippen molar-refractivity contribution in [2.45, 2.75) is 0 Å². The van der Waals surface area contributed by atoms with Crippen molar-refractivity contribution < 1.29 is 14.6 Å². The monoisotopic (exact) mass is 395 g/mol. The third kappa shape index (κ3) is 3.30. The van der Waals surface area contributed by atoms with Gasteiger partial charge >= 0.3 is 0 Å². The second-order valence-electron chi connectivity index (χ2n) is 6.13. The van der Waals surface area contributed by atoms with Crippen molar-refractivity contribution in [1.82, 2.24) is 9.38 Å². The van der Waals surface area contributed by atoms with E-state index in [0.717, 1.165) is 28.5 Å². The molecule has 0 spiro atoms. The number of hydrogen-bond donors (Lipinski definition) is 2. The number of anilines is 2. The molecular formula is C21H18ClN3O3. The fourth-order valence-electron chi connectivity index (χ4n) is 3.00. The molecule has 4 rings (SSSR count). The lowest BCUT2D eigenvalue weighted by Crippen LogP contribution is -1.97. The molecule has 0 amide bonds. The molecule has 0 aliphatic rings. The van der Waals surface area contributed by atoms with E-state index in [0.29, 0.717) is 16.5 Å². The van der Waals surface area contributed by atoms with E-state index in [1.807, 2.05) is 34.7 Å². The minimum absolute atomic E-state index is 0.0698. The lowest BCUT2D eigenvalue weighted by Gasteiger charge is -2.11. The van der Waals surface area contributed by atoms with Crippen LogP contribution in [-0.2, 0) is 0 Å². The highest BCUT2D eigenvalue weighted by molar-refractivity contribution is 6.30. The summed E-state index contributed by atoms with van der Waals surface area (Å²) in [5.74, 6) is 1.92. The topological polar surface area (TPSA) is 68.0 Å². The second-order valence-corrected chi connectivity index (χ2v) is 6.56. The van der Waals surface area contributed by atoms with Gasteiger partial charge in [-0.3, -0.25) is 4.40 Å². The maximum Gasteiger partial charge on any atom is 0.161 e. The van der Waals surface area contributed by atoms with Crippen LogP contribution in [0.15, 0.2) is 60.8 Å². The summed E-state index contributed by atoms with van der Waals surface area (Å²) in [5, 5.41) is 13.9. The van der Waals surface area contributed by atoms with Crippen LogP contribution in [0.25, 0.3) is 16.9 Å². The normalized spacial score (nSPS) is 10.8. The van der Waals surface area contributed by atoms with Crippen LogP contribution in [0, 0.1) is 0 Å². The number of imidazole rings is 1. The smallest absolute Gasteiger partial charge is 0.161 e. The molecule has 2 aromatic heterocycles. The number of nitrogens with zero attached hydrogens (tertiary/aromatic N) is 2. The minimum Gasteiger partial charge on any atom is -0.504 e. The Bertz CT molecular complexity index is 1160. The van der Waals surface area contributed by atoms with Crippen molar-refractivity contribution in [3.63, 3.8) is 0 Å². The Kier molecular flexibility index (Phi) is 4.71. The van der Waals surface area contributed by atoms with Crippen molar-refractivity contribution in [2.75, 3.05) is 19.5 Å². The van der Waals surface area contributed by atoms with Crippen molar-refractivity contribution in [3.8, 4) is 28.5 Å². The molecule has 0 radical (unpaired) electrons. The molecule has 0 atom stereocenters. The summed E-state index contributed by atoms with van der Waals surface area (Å²) < 4.78 is 12.4. The molecule has 28 heavy (non-hydrogen) atoms. The second kappa shape index (κ2) is 7.32. The average molecular weight is 396 g/mol. The summed E-state index contributed by atoms with van der Waals surface area (Å²) >= 11 is 6.22. The van der Waals surface area contributed by atoms with Gasteiger partial charge in [0.1, 0.15) is 22.9 Å². The number of halogens is 1. The zero-order chi connectivity index (χ0) is 19.7. The first-order valence-electron chi connectivity index (χ1n) is 8.55. The number of ether oxygens (including phenoxy) is 2. The molecule has 0 fully saturated rings. The van der Waals surface area contributed by atoms with Crippen LogP contribution in [-0.4, -0.2) is 28.7 Å². The lowest BCUT2D eigenvalue weighted by molar-refractivity contribution is 0.373. The molecule has 4 aromatic rings. The maximum atomic E-state index is 9.92. The molecule has 0 aliphatic heterocycles. The Morgan fingerprint density at radius 2 is 1.89 bits per heavy atom. The molecule has 0 unspecified atom stereocenters. The van der Waals surface area contributed by atoms with Crippen LogP contribution >= 0.6 is 11.6 Å². The molecule has 0 saturated carbocycles. The highest BCUT2D eigenvalue weighted by Crippen LogP contribution is 2.36. The van der Waals surface area contributed by atoms with E-state index < -0.39 is 0 Å². The first kappa shape index (κ1) is 18.0. The van der Waals surface area contributed by atoms with E-state index in [1.54, 1.807) is 37.6 Å². The molecule has 7 heteroatoms. The van der Waals surface area contributed by atoms with Gasteiger partial charge in [0.15, 0.2) is 11.5 Å². The number of fused-ring (bicyclic) bond motifs is 1. The van der Waals surface area contributed by atoms with Crippen molar-refractivity contribution in [3.05, 3.63) is 65.8 Å². The van der Waals surface area contributed by atoms with Crippen molar-refractivity contribution >= 4 is 28.8 Å². The molecule has 0 aliphatic carbocycles. The summed E-state index contributed by atoms with van der Waals surface area (Å²) in [7, 11) is 3.14. The number of nitrogens with one attached hydrogen (secondary N) is 1. The standard InChI is InChI=1S/C21H18ClN3O3/c1-27-16-5-3-4-15(11-16)23-21-20(13-6-8-17(26)18(10-13)28-2)24-19-9-7-14(22)12-25(19)21/h3-12,23,26H,1-2H3. The van der Waals surface area contributed by atoms with Gasteiger partial charge in [-0.25, -0.2) is 4.98 Å². The predicted molar refractivity (Wildman–Crippen MR) is 110 cm³/mol. The Balaban J connectivity index is 1.89. The van der Waals surface area contributed by atoms with Gasteiger partial charge in [0.25, 0.3) is 0 Å². The molecular weight excluding hydrogens is 378 g/mol. The van der Waals surface area contributed by atoms with Crippen LogP contribution in [0.4, 0.5) is 11.5 Å². The van der Waals surface area contributed by atoms with E-state index >= 15 is 0 Å². The first-order valence-corrected chi connectivity index (χ1v) is 8.93. The highest BCUT2D eigenvalue weighted by atomic mass is 35.5. The number of rotatable bonds is 5. The van der Waals surface area contributed by atoms with Crippen LogP contribution < -0.4 is 14.8 Å². The Morgan fingerprint density at radius 1 is 1.04 bits per heavy atom. The van der Waals surface area contributed by atoms with Gasteiger partial charge in [0, 0.05) is 23.5 Å². The fraction of sp³-hybridized carbons (Fsp3) is 0.0952. The third-order valence-corrected chi connectivity index (χ3v) is 4.59. The Morgan fingerprint density at radius 3 is 2.68 bits per heavy atom. The number of aromatic hydroxyl groups is 1. The van der Waals surface area contributed by atoms with Crippen molar-refractivity contribution in [1.29, 1.82) is 0 Å². The Hall–Kier alpha value is -3.38. The van der Waals surface area contributed by atoms with Gasteiger partial charge < -0.3 is 19.9 Å². The van der Waals surface area contributed by atoms with E-state index in [4.69, 9.17) is 26.1 Å². The van der Waals surface area contributed by atoms with E-state index in [2.05, 4.69) is 5.32 Å². The number of benzene rings is 2. The number of phenolic OH excluding ortho intramolecular Hbond substituents is 1.